The Morgan fingerprint density at radius 1 is 1.00 bits per heavy atom. The minimum absolute atomic E-state index is 0.0555. The molecule has 0 N–H and O–H groups in total. The number of pyridine rings is 1. The van der Waals surface area contributed by atoms with E-state index in [-0.39, 0.29) is 11.9 Å². The minimum atomic E-state index is 0.0555. The van der Waals surface area contributed by atoms with Gasteiger partial charge in [0.2, 0.25) is 0 Å². The number of aromatic nitrogens is 4. The second kappa shape index (κ2) is 6.84. The summed E-state index contributed by atoms with van der Waals surface area (Å²) in [6.07, 6.45) is 8.19. The molecule has 6 nitrogen and oxygen atoms in total. The Hall–Kier alpha value is -3.02. The molecular formula is C19H19N5O. The fraction of sp³-hybridized carbons (Fsp3) is 0.263. The largest absolute Gasteiger partial charge is 0.330 e. The summed E-state index contributed by atoms with van der Waals surface area (Å²) in [6, 6.07) is 13.5. The van der Waals surface area contributed by atoms with Gasteiger partial charge in [0, 0.05) is 24.0 Å². The van der Waals surface area contributed by atoms with E-state index in [9.17, 15) is 4.79 Å². The molecule has 0 radical (unpaired) electrons. The van der Waals surface area contributed by atoms with Crippen molar-refractivity contribution in [3.63, 3.8) is 0 Å². The Balaban J connectivity index is 1.58. The number of nitrogens with zero attached hydrogens (tertiary/aromatic N) is 5. The summed E-state index contributed by atoms with van der Waals surface area (Å²) in [5.74, 6) is 0.0608. The third-order valence-electron chi connectivity index (χ3n) is 4.62. The van der Waals surface area contributed by atoms with E-state index in [0.717, 1.165) is 37.2 Å². The first-order chi connectivity index (χ1) is 12.3. The van der Waals surface area contributed by atoms with Crippen LogP contribution in [0, 0.1) is 0 Å². The lowest BCUT2D eigenvalue weighted by molar-refractivity contribution is 0.0606. The van der Waals surface area contributed by atoms with Crippen molar-refractivity contribution in [3.8, 4) is 5.69 Å². The van der Waals surface area contributed by atoms with E-state index in [1.54, 1.807) is 18.9 Å². The van der Waals surface area contributed by atoms with Gasteiger partial charge in [-0.15, -0.1) is 10.2 Å². The number of piperidine rings is 1. The molecule has 1 amide bonds. The number of amides is 1. The van der Waals surface area contributed by atoms with E-state index in [4.69, 9.17) is 0 Å². The summed E-state index contributed by atoms with van der Waals surface area (Å²) in [7, 11) is 0. The van der Waals surface area contributed by atoms with Gasteiger partial charge in [-0.3, -0.25) is 14.3 Å². The molecule has 4 rings (SSSR count). The molecular weight excluding hydrogens is 314 g/mol. The van der Waals surface area contributed by atoms with Crippen molar-refractivity contribution in [2.45, 2.75) is 25.3 Å². The zero-order valence-corrected chi connectivity index (χ0v) is 13.8. The molecule has 3 aromatic rings. The van der Waals surface area contributed by atoms with Crippen molar-refractivity contribution in [2.75, 3.05) is 6.54 Å². The van der Waals surface area contributed by atoms with Gasteiger partial charge in [-0.05, 0) is 55.7 Å². The smallest absolute Gasteiger partial charge is 0.254 e. The van der Waals surface area contributed by atoms with Crippen molar-refractivity contribution in [1.82, 2.24) is 24.6 Å². The van der Waals surface area contributed by atoms with Gasteiger partial charge >= 0.3 is 0 Å². The molecule has 2 aromatic heterocycles. The van der Waals surface area contributed by atoms with Gasteiger partial charge in [0.25, 0.3) is 5.91 Å². The highest BCUT2D eigenvalue weighted by atomic mass is 16.2. The molecule has 1 fully saturated rings. The molecule has 0 aliphatic carbocycles. The average molecular weight is 333 g/mol. The lowest BCUT2D eigenvalue weighted by Gasteiger charge is -2.35. The summed E-state index contributed by atoms with van der Waals surface area (Å²) in [6.45, 7) is 0.771. The first-order valence-corrected chi connectivity index (χ1v) is 8.50. The molecule has 126 valence electrons. The zero-order chi connectivity index (χ0) is 17.1. The Bertz CT molecular complexity index is 830. The van der Waals surface area contributed by atoms with Crippen LogP contribution in [0.1, 0.15) is 41.4 Å². The fourth-order valence-corrected chi connectivity index (χ4v) is 3.33. The van der Waals surface area contributed by atoms with Crippen molar-refractivity contribution < 1.29 is 4.79 Å². The monoisotopic (exact) mass is 333 g/mol. The molecule has 3 heterocycles. The highest BCUT2D eigenvalue weighted by Crippen LogP contribution is 2.31. The van der Waals surface area contributed by atoms with E-state index >= 15 is 0 Å². The van der Waals surface area contributed by atoms with Crippen LogP contribution in [0.3, 0.4) is 0 Å². The van der Waals surface area contributed by atoms with Gasteiger partial charge in [0.15, 0.2) is 0 Å². The zero-order valence-electron chi connectivity index (χ0n) is 13.8. The fourth-order valence-electron chi connectivity index (χ4n) is 3.33. The Labute approximate surface area is 146 Å². The Morgan fingerprint density at radius 2 is 1.80 bits per heavy atom. The highest BCUT2D eigenvalue weighted by molar-refractivity contribution is 5.94. The third kappa shape index (κ3) is 3.15. The number of hydrogen-bond acceptors (Lipinski definition) is 4. The van der Waals surface area contributed by atoms with Gasteiger partial charge in [-0.1, -0.05) is 6.07 Å². The number of carbonyl (C=O) groups excluding carboxylic acids is 1. The van der Waals surface area contributed by atoms with Crippen molar-refractivity contribution >= 4 is 5.91 Å². The topological polar surface area (TPSA) is 63.9 Å². The molecule has 6 heteroatoms. The van der Waals surface area contributed by atoms with E-state index in [1.807, 2.05) is 51.9 Å². The third-order valence-corrected chi connectivity index (χ3v) is 4.62. The second-order valence-corrected chi connectivity index (χ2v) is 6.18. The van der Waals surface area contributed by atoms with Gasteiger partial charge < -0.3 is 4.90 Å². The van der Waals surface area contributed by atoms with Crippen LogP contribution in [0.4, 0.5) is 0 Å². The lowest BCUT2D eigenvalue weighted by atomic mass is 9.97. The van der Waals surface area contributed by atoms with E-state index in [2.05, 4.69) is 15.2 Å². The average Bonchev–Trinajstić information content (AvgIpc) is 3.23. The lowest BCUT2D eigenvalue weighted by Crippen LogP contribution is -2.38. The molecule has 0 spiro atoms. The molecule has 0 bridgehead atoms. The molecule has 1 atom stereocenters. The van der Waals surface area contributed by atoms with Crippen molar-refractivity contribution in [1.29, 1.82) is 0 Å². The molecule has 25 heavy (non-hydrogen) atoms. The maximum atomic E-state index is 13.0. The molecule has 0 unspecified atom stereocenters. The van der Waals surface area contributed by atoms with Crippen LogP contribution in [0.5, 0.6) is 0 Å². The van der Waals surface area contributed by atoms with Crippen LogP contribution in [-0.4, -0.2) is 37.1 Å². The van der Waals surface area contributed by atoms with Gasteiger partial charge in [0.05, 0.1) is 11.7 Å². The predicted molar refractivity (Wildman–Crippen MR) is 93.2 cm³/mol. The highest BCUT2D eigenvalue weighted by Gasteiger charge is 2.29. The SMILES string of the molecule is O=C(c1ccc(-n2cnnc2)cc1)N1CCCC[C@H]1c1ccccn1. The van der Waals surface area contributed by atoms with Crippen LogP contribution >= 0.6 is 0 Å². The molecule has 1 aliphatic heterocycles. The van der Waals surface area contributed by atoms with Crippen molar-refractivity contribution in [3.05, 3.63) is 72.6 Å². The maximum Gasteiger partial charge on any atom is 0.254 e. The molecule has 1 aromatic carbocycles. The van der Waals surface area contributed by atoms with Crippen molar-refractivity contribution in [2.24, 2.45) is 0 Å². The summed E-state index contributed by atoms with van der Waals surface area (Å²) >= 11 is 0. The summed E-state index contributed by atoms with van der Waals surface area (Å²) in [5, 5.41) is 7.61. The van der Waals surface area contributed by atoms with Gasteiger partial charge in [-0.2, -0.15) is 0 Å². The maximum absolute atomic E-state index is 13.0. The quantitative estimate of drug-likeness (QED) is 0.739. The number of carbonyl (C=O) groups is 1. The normalized spacial score (nSPS) is 17.4. The van der Waals surface area contributed by atoms with E-state index in [1.165, 1.54) is 0 Å². The minimum Gasteiger partial charge on any atom is -0.330 e. The van der Waals surface area contributed by atoms with Crippen LogP contribution in [-0.2, 0) is 0 Å². The summed E-state index contributed by atoms with van der Waals surface area (Å²) in [5.41, 5.74) is 2.60. The number of rotatable bonds is 3. The van der Waals surface area contributed by atoms with Crippen LogP contribution < -0.4 is 0 Å². The van der Waals surface area contributed by atoms with Gasteiger partial charge in [0.1, 0.15) is 12.7 Å². The van der Waals surface area contributed by atoms with E-state index in [0.29, 0.717) is 5.56 Å². The van der Waals surface area contributed by atoms with Crippen LogP contribution in [0.25, 0.3) is 5.69 Å². The standard InChI is InChI=1S/C19H19N5O/c25-19(15-7-9-16(10-8-15)23-13-21-22-14-23)24-12-4-2-6-18(24)17-5-1-3-11-20-17/h1,3,5,7-11,13-14,18H,2,4,6,12H2/t18-/m0/s1. The molecule has 0 saturated carbocycles. The first kappa shape index (κ1) is 15.5. The molecule has 1 saturated heterocycles. The molecule has 1 aliphatic rings. The number of likely N-dealkylation sites (tertiary alicyclic amines) is 1. The number of benzene rings is 1. The predicted octanol–water partition coefficient (Wildman–Crippen LogP) is 3.03. The summed E-state index contributed by atoms with van der Waals surface area (Å²) < 4.78 is 1.81. The van der Waals surface area contributed by atoms with Crippen LogP contribution in [0.15, 0.2) is 61.3 Å². The van der Waals surface area contributed by atoms with Gasteiger partial charge in [-0.25, -0.2) is 0 Å². The van der Waals surface area contributed by atoms with E-state index < -0.39 is 0 Å². The number of hydrogen-bond donors (Lipinski definition) is 0. The second-order valence-electron chi connectivity index (χ2n) is 6.18. The Morgan fingerprint density at radius 3 is 2.52 bits per heavy atom. The Kier molecular flexibility index (Phi) is 4.24. The summed E-state index contributed by atoms with van der Waals surface area (Å²) in [4.78, 5) is 19.5. The first-order valence-electron chi connectivity index (χ1n) is 8.50. The van der Waals surface area contributed by atoms with Crippen LogP contribution in [0.2, 0.25) is 0 Å².